The van der Waals surface area contributed by atoms with Gasteiger partial charge in [-0.3, -0.25) is 0 Å². The molecule has 1 aromatic rings. The summed E-state index contributed by atoms with van der Waals surface area (Å²) in [5, 5.41) is 9.64. The SMILES string of the molecule is CC(C)C(Cc1ccc(Br)s1)C(C)O. The number of aliphatic hydroxyl groups excluding tert-OH is 1. The second kappa shape index (κ2) is 5.29. The predicted molar refractivity (Wildman–Crippen MR) is 65.7 cm³/mol. The van der Waals surface area contributed by atoms with Crippen molar-refractivity contribution in [2.24, 2.45) is 11.8 Å². The lowest BCUT2D eigenvalue weighted by atomic mass is 9.88. The van der Waals surface area contributed by atoms with Crippen molar-refractivity contribution in [2.75, 3.05) is 0 Å². The average Bonchev–Trinajstić information content (AvgIpc) is 2.46. The molecule has 2 atom stereocenters. The first kappa shape index (κ1) is 12.2. The minimum atomic E-state index is -0.226. The molecular weight excluding hydrogens is 260 g/mol. The Morgan fingerprint density at radius 2 is 2.00 bits per heavy atom. The summed E-state index contributed by atoms with van der Waals surface area (Å²) >= 11 is 5.21. The van der Waals surface area contributed by atoms with Gasteiger partial charge in [-0.15, -0.1) is 11.3 Å². The molecule has 1 rings (SSSR count). The van der Waals surface area contributed by atoms with Crippen molar-refractivity contribution in [1.29, 1.82) is 0 Å². The maximum Gasteiger partial charge on any atom is 0.0701 e. The Bertz CT molecular complexity index is 273. The third kappa shape index (κ3) is 3.37. The van der Waals surface area contributed by atoms with Crippen molar-refractivity contribution >= 4 is 27.3 Å². The van der Waals surface area contributed by atoms with E-state index in [1.54, 1.807) is 11.3 Å². The molecule has 0 radical (unpaired) electrons. The second-order valence-electron chi connectivity index (χ2n) is 4.06. The molecule has 0 saturated carbocycles. The van der Waals surface area contributed by atoms with E-state index in [0.29, 0.717) is 11.8 Å². The van der Waals surface area contributed by atoms with E-state index < -0.39 is 0 Å². The topological polar surface area (TPSA) is 20.2 Å². The van der Waals surface area contributed by atoms with Crippen LogP contribution >= 0.6 is 27.3 Å². The van der Waals surface area contributed by atoms with Crippen LogP contribution in [0.25, 0.3) is 0 Å². The molecule has 0 amide bonds. The molecular formula is C11H17BrOS. The molecule has 0 saturated heterocycles. The van der Waals surface area contributed by atoms with E-state index in [-0.39, 0.29) is 6.10 Å². The standard InChI is InChI=1S/C11H17BrOS/c1-7(2)10(8(3)13)6-9-4-5-11(12)14-9/h4-5,7-8,10,13H,6H2,1-3H3. The normalized spacial score (nSPS) is 15.9. The fourth-order valence-corrected chi connectivity index (χ4v) is 3.21. The quantitative estimate of drug-likeness (QED) is 0.889. The van der Waals surface area contributed by atoms with Crippen LogP contribution in [0.2, 0.25) is 0 Å². The van der Waals surface area contributed by atoms with Gasteiger partial charge in [-0.05, 0) is 53.2 Å². The van der Waals surface area contributed by atoms with Crippen LogP contribution in [0.3, 0.4) is 0 Å². The average molecular weight is 277 g/mol. The fourth-order valence-electron chi connectivity index (χ4n) is 1.66. The van der Waals surface area contributed by atoms with Gasteiger partial charge in [0.2, 0.25) is 0 Å². The van der Waals surface area contributed by atoms with E-state index in [9.17, 15) is 5.11 Å². The number of hydrogen-bond donors (Lipinski definition) is 1. The van der Waals surface area contributed by atoms with Gasteiger partial charge in [0.05, 0.1) is 9.89 Å². The monoisotopic (exact) mass is 276 g/mol. The lowest BCUT2D eigenvalue weighted by Gasteiger charge is -2.22. The first-order valence-electron chi connectivity index (χ1n) is 4.93. The van der Waals surface area contributed by atoms with Gasteiger partial charge in [0, 0.05) is 4.88 Å². The highest BCUT2D eigenvalue weighted by molar-refractivity contribution is 9.11. The molecule has 0 aliphatic rings. The summed E-state index contributed by atoms with van der Waals surface area (Å²) in [5.41, 5.74) is 0. The Hall–Kier alpha value is 0.140. The fraction of sp³-hybridized carbons (Fsp3) is 0.636. The Morgan fingerprint density at radius 1 is 1.36 bits per heavy atom. The number of rotatable bonds is 4. The van der Waals surface area contributed by atoms with Crippen molar-refractivity contribution < 1.29 is 5.11 Å². The van der Waals surface area contributed by atoms with E-state index in [4.69, 9.17) is 0 Å². The summed E-state index contributed by atoms with van der Waals surface area (Å²) in [7, 11) is 0. The maximum atomic E-state index is 9.64. The Labute approximate surface area is 98.3 Å². The Morgan fingerprint density at radius 3 is 2.36 bits per heavy atom. The van der Waals surface area contributed by atoms with Crippen LogP contribution in [0.15, 0.2) is 15.9 Å². The minimum absolute atomic E-state index is 0.226. The Kier molecular flexibility index (Phi) is 4.61. The summed E-state index contributed by atoms with van der Waals surface area (Å²) in [6.45, 7) is 6.22. The van der Waals surface area contributed by atoms with E-state index in [1.807, 2.05) is 6.92 Å². The van der Waals surface area contributed by atoms with Gasteiger partial charge in [0.15, 0.2) is 0 Å². The zero-order chi connectivity index (χ0) is 10.7. The van der Waals surface area contributed by atoms with Crippen LogP contribution < -0.4 is 0 Å². The molecule has 2 unspecified atom stereocenters. The molecule has 1 N–H and O–H groups in total. The molecule has 0 aromatic carbocycles. The van der Waals surface area contributed by atoms with E-state index in [0.717, 1.165) is 6.42 Å². The lowest BCUT2D eigenvalue weighted by molar-refractivity contribution is 0.0982. The molecule has 80 valence electrons. The van der Waals surface area contributed by atoms with Gasteiger partial charge in [-0.2, -0.15) is 0 Å². The van der Waals surface area contributed by atoms with Crippen LogP contribution in [0.5, 0.6) is 0 Å². The Balaban J connectivity index is 2.64. The molecule has 14 heavy (non-hydrogen) atoms. The van der Waals surface area contributed by atoms with Crippen LogP contribution in [0.4, 0.5) is 0 Å². The molecule has 1 nitrogen and oxygen atoms in total. The minimum Gasteiger partial charge on any atom is -0.393 e. The molecule has 0 aliphatic heterocycles. The number of halogens is 1. The van der Waals surface area contributed by atoms with Gasteiger partial charge in [-0.1, -0.05) is 13.8 Å². The summed E-state index contributed by atoms with van der Waals surface area (Å²) in [5.74, 6) is 0.886. The van der Waals surface area contributed by atoms with Crippen LogP contribution in [0, 0.1) is 11.8 Å². The molecule has 0 bridgehead atoms. The summed E-state index contributed by atoms with van der Waals surface area (Å²) in [4.78, 5) is 1.34. The molecule has 0 aliphatic carbocycles. The molecule has 3 heteroatoms. The second-order valence-corrected chi connectivity index (χ2v) is 6.61. The first-order chi connectivity index (χ1) is 6.50. The van der Waals surface area contributed by atoms with E-state index >= 15 is 0 Å². The van der Waals surface area contributed by atoms with Crippen molar-refractivity contribution in [3.8, 4) is 0 Å². The zero-order valence-electron chi connectivity index (χ0n) is 8.83. The van der Waals surface area contributed by atoms with Gasteiger partial charge in [0.1, 0.15) is 0 Å². The van der Waals surface area contributed by atoms with Gasteiger partial charge >= 0.3 is 0 Å². The lowest BCUT2D eigenvalue weighted by Crippen LogP contribution is -2.24. The first-order valence-corrected chi connectivity index (χ1v) is 6.54. The van der Waals surface area contributed by atoms with Gasteiger partial charge in [-0.25, -0.2) is 0 Å². The van der Waals surface area contributed by atoms with Crippen molar-refractivity contribution in [3.63, 3.8) is 0 Å². The van der Waals surface area contributed by atoms with Gasteiger partial charge < -0.3 is 5.11 Å². The molecule has 0 fully saturated rings. The largest absolute Gasteiger partial charge is 0.393 e. The summed E-state index contributed by atoms with van der Waals surface area (Å²) in [6, 6.07) is 4.20. The number of hydrogen-bond acceptors (Lipinski definition) is 2. The number of aliphatic hydroxyl groups is 1. The third-order valence-corrected chi connectivity index (χ3v) is 4.19. The van der Waals surface area contributed by atoms with E-state index in [1.165, 1.54) is 8.66 Å². The summed E-state index contributed by atoms with van der Waals surface area (Å²) in [6.07, 6.45) is 0.752. The van der Waals surface area contributed by atoms with Crippen molar-refractivity contribution in [2.45, 2.75) is 33.3 Å². The number of thiophene rings is 1. The smallest absolute Gasteiger partial charge is 0.0701 e. The van der Waals surface area contributed by atoms with Crippen LogP contribution in [-0.2, 0) is 6.42 Å². The highest BCUT2D eigenvalue weighted by atomic mass is 79.9. The van der Waals surface area contributed by atoms with Crippen LogP contribution in [0.1, 0.15) is 25.6 Å². The highest BCUT2D eigenvalue weighted by Gasteiger charge is 2.19. The molecule has 1 aromatic heterocycles. The molecule has 0 spiro atoms. The van der Waals surface area contributed by atoms with Crippen molar-refractivity contribution in [3.05, 3.63) is 20.8 Å². The highest BCUT2D eigenvalue weighted by Crippen LogP contribution is 2.28. The van der Waals surface area contributed by atoms with E-state index in [2.05, 4.69) is 41.9 Å². The zero-order valence-corrected chi connectivity index (χ0v) is 11.2. The maximum absolute atomic E-state index is 9.64. The van der Waals surface area contributed by atoms with Crippen LogP contribution in [-0.4, -0.2) is 11.2 Å². The van der Waals surface area contributed by atoms with Crippen molar-refractivity contribution in [1.82, 2.24) is 0 Å². The predicted octanol–water partition coefficient (Wildman–Crippen LogP) is 3.71. The van der Waals surface area contributed by atoms with Gasteiger partial charge in [0.25, 0.3) is 0 Å². The molecule has 1 heterocycles. The summed E-state index contributed by atoms with van der Waals surface area (Å²) < 4.78 is 1.17. The third-order valence-electron chi connectivity index (χ3n) is 2.54.